The van der Waals surface area contributed by atoms with E-state index in [4.69, 9.17) is 21.0 Å². The number of furan rings is 1. The van der Waals surface area contributed by atoms with Gasteiger partial charge >= 0.3 is 0 Å². The molecule has 0 unspecified atom stereocenters. The number of para-hydroxylation sites is 3. The van der Waals surface area contributed by atoms with Crippen LogP contribution in [0.3, 0.4) is 0 Å². The molecule has 0 bridgehead atoms. The van der Waals surface area contributed by atoms with Crippen LogP contribution in [0.15, 0.2) is 168 Å². The Morgan fingerprint density at radius 3 is 1.96 bits per heavy atom. The molecule has 11 aromatic rings. The summed E-state index contributed by atoms with van der Waals surface area (Å²) >= 11 is 6.34. The number of hydrogen-bond acceptors (Lipinski definition) is 3. The van der Waals surface area contributed by atoms with Crippen LogP contribution in [0, 0.1) is 0 Å². The molecule has 5 nitrogen and oxygen atoms in total. The van der Waals surface area contributed by atoms with E-state index in [1.807, 2.05) is 18.2 Å². The molecule has 6 heteroatoms. The standard InChI is InChI=1S/C46H27ClN4O/c47-31-19-22-43-38(26-31)45-46(52-43)44(48-27-49-45)30-9-8-12-33(23-30)51-39-15-6-4-13-34(39)36-20-17-29(25-42(36)51)28-18-21-41-37(24-28)35-14-5-7-16-40(35)50(41)32-10-2-1-3-11-32/h1-27H. The lowest BCUT2D eigenvalue weighted by Crippen LogP contribution is -1.95. The fourth-order valence-electron chi connectivity index (χ4n) is 7.98. The summed E-state index contributed by atoms with van der Waals surface area (Å²) in [7, 11) is 0. The van der Waals surface area contributed by atoms with Gasteiger partial charge in [-0.25, -0.2) is 9.97 Å². The second kappa shape index (κ2) is 11.2. The van der Waals surface area contributed by atoms with Crippen molar-refractivity contribution in [3.63, 3.8) is 0 Å². The lowest BCUT2D eigenvalue weighted by atomic mass is 10.0. The highest BCUT2D eigenvalue weighted by atomic mass is 35.5. The molecular formula is C46H27ClN4O. The third-order valence-corrected chi connectivity index (χ3v) is 10.5. The minimum Gasteiger partial charge on any atom is -0.452 e. The quantitative estimate of drug-likeness (QED) is 0.185. The molecule has 0 fully saturated rings. The Morgan fingerprint density at radius 2 is 1.12 bits per heavy atom. The van der Waals surface area contributed by atoms with Crippen LogP contribution in [0.2, 0.25) is 5.02 Å². The molecule has 0 atom stereocenters. The van der Waals surface area contributed by atoms with E-state index in [1.54, 1.807) is 6.33 Å². The van der Waals surface area contributed by atoms with Crippen molar-refractivity contribution in [2.45, 2.75) is 0 Å². The molecule has 11 rings (SSSR count). The zero-order chi connectivity index (χ0) is 34.3. The van der Waals surface area contributed by atoms with Gasteiger partial charge < -0.3 is 13.6 Å². The molecule has 0 aliphatic carbocycles. The Morgan fingerprint density at radius 1 is 0.442 bits per heavy atom. The van der Waals surface area contributed by atoms with Gasteiger partial charge in [-0.05, 0) is 83.9 Å². The lowest BCUT2D eigenvalue weighted by molar-refractivity contribution is 0.667. The average molecular weight is 687 g/mol. The van der Waals surface area contributed by atoms with Crippen molar-refractivity contribution in [3.05, 3.63) is 169 Å². The summed E-state index contributed by atoms with van der Waals surface area (Å²) in [4.78, 5) is 9.29. The molecule has 7 aromatic carbocycles. The van der Waals surface area contributed by atoms with Crippen LogP contribution in [0.4, 0.5) is 0 Å². The molecule has 0 N–H and O–H groups in total. The number of halogens is 1. The molecular weight excluding hydrogens is 660 g/mol. The maximum absolute atomic E-state index is 6.34. The third kappa shape index (κ3) is 4.30. The Kier molecular flexibility index (Phi) is 6.24. The van der Waals surface area contributed by atoms with Gasteiger partial charge in [-0.15, -0.1) is 0 Å². The van der Waals surface area contributed by atoms with E-state index in [2.05, 4.69) is 154 Å². The topological polar surface area (TPSA) is 48.8 Å². The SMILES string of the molecule is Clc1ccc2oc3c(-c4cccc(-n5c6ccccc6c6ccc(-c7ccc8c(c7)c7ccccc7n8-c7ccccc7)cc65)c4)ncnc3c2c1. The molecule has 0 aliphatic heterocycles. The van der Waals surface area contributed by atoms with Crippen LogP contribution in [0.25, 0.3) is 99.4 Å². The zero-order valence-electron chi connectivity index (χ0n) is 27.7. The van der Waals surface area contributed by atoms with Gasteiger partial charge in [0.05, 0.1) is 22.1 Å². The smallest absolute Gasteiger partial charge is 0.180 e. The largest absolute Gasteiger partial charge is 0.452 e. The van der Waals surface area contributed by atoms with Crippen molar-refractivity contribution < 1.29 is 4.42 Å². The molecule has 244 valence electrons. The van der Waals surface area contributed by atoms with E-state index in [-0.39, 0.29) is 0 Å². The summed E-state index contributed by atoms with van der Waals surface area (Å²) < 4.78 is 11.0. The minimum atomic E-state index is 0.641. The fourth-order valence-corrected chi connectivity index (χ4v) is 8.15. The first-order valence-corrected chi connectivity index (χ1v) is 17.6. The summed E-state index contributed by atoms with van der Waals surface area (Å²) in [5, 5.41) is 6.39. The van der Waals surface area contributed by atoms with Crippen molar-refractivity contribution >= 4 is 77.3 Å². The number of rotatable bonds is 4. The first-order chi connectivity index (χ1) is 25.7. The highest BCUT2D eigenvalue weighted by Crippen LogP contribution is 2.40. The monoisotopic (exact) mass is 686 g/mol. The molecule has 4 aromatic heterocycles. The summed E-state index contributed by atoms with van der Waals surface area (Å²) in [6.07, 6.45) is 1.60. The van der Waals surface area contributed by atoms with Crippen molar-refractivity contribution in [1.29, 1.82) is 0 Å². The minimum absolute atomic E-state index is 0.641. The summed E-state index contributed by atoms with van der Waals surface area (Å²) in [6, 6.07) is 55.7. The number of benzene rings is 7. The third-order valence-electron chi connectivity index (χ3n) is 10.3. The fraction of sp³-hybridized carbons (Fsp3) is 0. The average Bonchev–Trinajstić information content (AvgIpc) is 3.85. The first-order valence-electron chi connectivity index (χ1n) is 17.3. The number of nitrogens with zero attached hydrogens (tertiary/aromatic N) is 4. The maximum atomic E-state index is 6.34. The molecule has 0 saturated heterocycles. The van der Waals surface area contributed by atoms with Crippen LogP contribution < -0.4 is 0 Å². The van der Waals surface area contributed by atoms with Crippen molar-refractivity contribution in [2.24, 2.45) is 0 Å². The Labute approximate surface area is 302 Å². The molecule has 52 heavy (non-hydrogen) atoms. The molecule has 0 saturated carbocycles. The molecule has 0 spiro atoms. The van der Waals surface area contributed by atoms with Gasteiger partial charge in [0, 0.05) is 48.9 Å². The summed E-state index contributed by atoms with van der Waals surface area (Å²) in [5.41, 5.74) is 13.0. The van der Waals surface area contributed by atoms with E-state index < -0.39 is 0 Å². The summed E-state index contributed by atoms with van der Waals surface area (Å²) in [5.74, 6) is 0. The first kappa shape index (κ1) is 29.1. The van der Waals surface area contributed by atoms with E-state index in [0.717, 1.165) is 55.7 Å². The highest BCUT2D eigenvalue weighted by molar-refractivity contribution is 6.31. The van der Waals surface area contributed by atoms with Crippen molar-refractivity contribution in [2.75, 3.05) is 0 Å². The van der Waals surface area contributed by atoms with Gasteiger partial charge in [0.2, 0.25) is 0 Å². The van der Waals surface area contributed by atoms with Gasteiger partial charge in [0.1, 0.15) is 23.1 Å². The molecule has 0 aliphatic rings. The summed E-state index contributed by atoms with van der Waals surface area (Å²) in [6.45, 7) is 0. The molecule has 0 amide bonds. The van der Waals surface area contributed by atoms with Crippen molar-refractivity contribution in [1.82, 2.24) is 19.1 Å². The van der Waals surface area contributed by atoms with Crippen LogP contribution in [0.5, 0.6) is 0 Å². The lowest BCUT2D eigenvalue weighted by Gasteiger charge is -2.11. The molecule has 0 radical (unpaired) electrons. The Bertz CT molecular complexity index is 3210. The van der Waals surface area contributed by atoms with Crippen LogP contribution in [0.1, 0.15) is 0 Å². The van der Waals surface area contributed by atoms with Gasteiger partial charge in [-0.3, -0.25) is 0 Å². The van der Waals surface area contributed by atoms with E-state index >= 15 is 0 Å². The van der Waals surface area contributed by atoms with Gasteiger partial charge in [-0.1, -0.05) is 96.5 Å². The van der Waals surface area contributed by atoms with E-state index in [9.17, 15) is 0 Å². The Balaban J connectivity index is 1.10. The number of aromatic nitrogens is 4. The molecule has 4 heterocycles. The van der Waals surface area contributed by atoms with E-state index in [1.165, 1.54) is 38.1 Å². The van der Waals surface area contributed by atoms with Crippen molar-refractivity contribution in [3.8, 4) is 33.8 Å². The van der Waals surface area contributed by atoms with Gasteiger partial charge in [-0.2, -0.15) is 0 Å². The zero-order valence-corrected chi connectivity index (χ0v) is 28.4. The Hall–Kier alpha value is -6.69. The highest BCUT2D eigenvalue weighted by Gasteiger charge is 2.19. The predicted octanol–water partition coefficient (Wildman–Crippen LogP) is 12.6. The second-order valence-electron chi connectivity index (χ2n) is 13.2. The maximum Gasteiger partial charge on any atom is 0.180 e. The van der Waals surface area contributed by atoms with Crippen LogP contribution in [-0.4, -0.2) is 19.1 Å². The van der Waals surface area contributed by atoms with Gasteiger partial charge in [0.25, 0.3) is 0 Å². The number of hydrogen-bond donors (Lipinski definition) is 0. The second-order valence-corrected chi connectivity index (χ2v) is 13.6. The normalized spacial score (nSPS) is 11.9. The predicted molar refractivity (Wildman–Crippen MR) is 214 cm³/mol. The van der Waals surface area contributed by atoms with Crippen LogP contribution in [-0.2, 0) is 0 Å². The van der Waals surface area contributed by atoms with E-state index in [0.29, 0.717) is 10.6 Å². The van der Waals surface area contributed by atoms with Crippen LogP contribution >= 0.6 is 11.6 Å². The number of fused-ring (bicyclic) bond motifs is 9. The van der Waals surface area contributed by atoms with Gasteiger partial charge in [0.15, 0.2) is 5.58 Å².